The van der Waals surface area contributed by atoms with Crippen molar-refractivity contribution < 1.29 is 9.50 Å². The first-order chi connectivity index (χ1) is 9.76. The number of rotatable bonds is 4. The van der Waals surface area contributed by atoms with Crippen LogP contribution in [0.3, 0.4) is 0 Å². The molecule has 2 nitrogen and oxygen atoms in total. The molecule has 0 aromatic heterocycles. The first-order valence-corrected chi connectivity index (χ1v) is 6.96. The minimum atomic E-state index is -0.149. The van der Waals surface area contributed by atoms with E-state index in [0.717, 1.165) is 30.5 Å². The Balaban J connectivity index is 1.65. The Morgan fingerprint density at radius 3 is 2.60 bits per heavy atom. The standard InChI is InChI=1S/C17H18FNO/c18-15-6-7-16-14(9-15)5-8-17(16)19-10-12-1-3-13(11-20)4-2-12/h1-4,6-7,9,17,19-20H,5,8,10-11H2. The molecule has 0 spiro atoms. The highest BCUT2D eigenvalue weighted by molar-refractivity contribution is 5.35. The number of benzene rings is 2. The average Bonchev–Trinajstić information content (AvgIpc) is 2.88. The van der Waals surface area contributed by atoms with Crippen molar-refractivity contribution in [2.24, 2.45) is 0 Å². The number of fused-ring (bicyclic) bond motifs is 1. The highest BCUT2D eigenvalue weighted by Crippen LogP contribution is 2.31. The van der Waals surface area contributed by atoms with Gasteiger partial charge in [-0.3, -0.25) is 0 Å². The van der Waals surface area contributed by atoms with E-state index in [1.165, 1.54) is 17.2 Å². The summed E-state index contributed by atoms with van der Waals surface area (Å²) in [5.41, 5.74) is 4.46. The summed E-state index contributed by atoms with van der Waals surface area (Å²) in [6, 6.07) is 13.3. The van der Waals surface area contributed by atoms with Gasteiger partial charge in [-0.2, -0.15) is 0 Å². The fourth-order valence-electron chi connectivity index (χ4n) is 2.80. The first kappa shape index (κ1) is 13.3. The van der Waals surface area contributed by atoms with Crippen molar-refractivity contribution in [2.75, 3.05) is 0 Å². The molecule has 0 saturated carbocycles. The molecule has 2 N–H and O–H groups in total. The van der Waals surface area contributed by atoms with E-state index in [9.17, 15) is 4.39 Å². The van der Waals surface area contributed by atoms with Crippen LogP contribution < -0.4 is 5.32 Å². The zero-order chi connectivity index (χ0) is 13.9. The minimum Gasteiger partial charge on any atom is -0.392 e. The molecule has 3 heteroatoms. The molecule has 1 aliphatic rings. The lowest BCUT2D eigenvalue weighted by Gasteiger charge is -2.14. The quantitative estimate of drug-likeness (QED) is 0.895. The molecule has 1 aliphatic carbocycles. The van der Waals surface area contributed by atoms with Crippen molar-refractivity contribution >= 4 is 0 Å². The van der Waals surface area contributed by atoms with Crippen LogP contribution in [-0.2, 0) is 19.6 Å². The lowest BCUT2D eigenvalue weighted by molar-refractivity contribution is 0.282. The molecule has 0 fully saturated rings. The van der Waals surface area contributed by atoms with Crippen molar-refractivity contribution in [1.82, 2.24) is 5.32 Å². The molecular formula is C17H18FNO. The van der Waals surface area contributed by atoms with Gasteiger partial charge in [0, 0.05) is 12.6 Å². The van der Waals surface area contributed by atoms with Gasteiger partial charge in [0.15, 0.2) is 0 Å². The van der Waals surface area contributed by atoms with Crippen molar-refractivity contribution in [3.05, 3.63) is 70.5 Å². The van der Waals surface area contributed by atoms with E-state index in [-0.39, 0.29) is 12.4 Å². The predicted octanol–water partition coefficient (Wildman–Crippen LogP) is 3.10. The van der Waals surface area contributed by atoms with Crippen molar-refractivity contribution in [3.8, 4) is 0 Å². The van der Waals surface area contributed by atoms with E-state index in [1.807, 2.05) is 30.3 Å². The zero-order valence-electron chi connectivity index (χ0n) is 11.3. The van der Waals surface area contributed by atoms with Crippen molar-refractivity contribution in [1.29, 1.82) is 0 Å². The van der Waals surface area contributed by atoms with Gasteiger partial charge in [0.2, 0.25) is 0 Å². The van der Waals surface area contributed by atoms with Crippen LogP contribution in [0.25, 0.3) is 0 Å². The summed E-state index contributed by atoms with van der Waals surface area (Å²) in [4.78, 5) is 0. The van der Waals surface area contributed by atoms with E-state index in [0.29, 0.717) is 6.04 Å². The Morgan fingerprint density at radius 2 is 1.85 bits per heavy atom. The molecule has 1 atom stereocenters. The third-order valence-electron chi connectivity index (χ3n) is 3.94. The number of aliphatic hydroxyl groups excluding tert-OH is 1. The number of hydrogen-bond donors (Lipinski definition) is 2. The van der Waals surface area contributed by atoms with Gasteiger partial charge in [-0.25, -0.2) is 4.39 Å². The van der Waals surface area contributed by atoms with E-state index in [4.69, 9.17) is 5.11 Å². The zero-order valence-corrected chi connectivity index (χ0v) is 11.3. The third kappa shape index (κ3) is 2.74. The van der Waals surface area contributed by atoms with Crippen LogP contribution in [0.15, 0.2) is 42.5 Å². The largest absolute Gasteiger partial charge is 0.392 e. The second-order valence-electron chi connectivity index (χ2n) is 5.29. The molecule has 3 rings (SSSR count). The number of aliphatic hydroxyl groups is 1. The van der Waals surface area contributed by atoms with E-state index in [1.54, 1.807) is 6.07 Å². The number of hydrogen-bond acceptors (Lipinski definition) is 2. The van der Waals surface area contributed by atoms with Gasteiger partial charge in [-0.1, -0.05) is 30.3 Å². The fourth-order valence-corrected chi connectivity index (χ4v) is 2.80. The average molecular weight is 271 g/mol. The second-order valence-corrected chi connectivity index (χ2v) is 5.29. The summed E-state index contributed by atoms with van der Waals surface area (Å²) in [6.07, 6.45) is 1.96. The molecule has 2 aromatic rings. The molecule has 0 saturated heterocycles. The minimum absolute atomic E-state index is 0.0786. The van der Waals surface area contributed by atoms with Crippen LogP contribution in [0, 0.1) is 5.82 Å². The van der Waals surface area contributed by atoms with E-state index in [2.05, 4.69) is 5.32 Å². The smallest absolute Gasteiger partial charge is 0.123 e. The van der Waals surface area contributed by atoms with Crippen LogP contribution in [-0.4, -0.2) is 5.11 Å². The molecule has 0 heterocycles. The molecule has 2 aromatic carbocycles. The predicted molar refractivity (Wildman–Crippen MR) is 76.7 cm³/mol. The Kier molecular flexibility index (Phi) is 3.81. The highest BCUT2D eigenvalue weighted by Gasteiger charge is 2.22. The van der Waals surface area contributed by atoms with E-state index >= 15 is 0 Å². The Labute approximate surface area is 118 Å². The maximum absolute atomic E-state index is 13.2. The topological polar surface area (TPSA) is 32.3 Å². The van der Waals surface area contributed by atoms with Crippen LogP contribution in [0.4, 0.5) is 4.39 Å². The molecule has 0 aliphatic heterocycles. The molecule has 104 valence electrons. The van der Waals surface area contributed by atoms with Crippen LogP contribution in [0.5, 0.6) is 0 Å². The summed E-state index contributed by atoms with van der Waals surface area (Å²) in [6.45, 7) is 0.864. The molecule has 20 heavy (non-hydrogen) atoms. The molecule has 0 amide bonds. The van der Waals surface area contributed by atoms with Gasteiger partial charge < -0.3 is 10.4 Å². The Morgan fingerprint density at radius 1 is 1.10 bits per heavy atom. The number of aryl methyl sites for hydroxylation is 1. The second kappa shape index (κ2) is 5.73. The molecule has 0 bridgehead atoms. The van der Waals surface area contributed by atoms with Crippen LogP contribution in [0.2, 0.25) is 0 Å². The maximum atomic E-state index is 13.2. The van der Waals surface area contributed by atoms with Gasteiger partial charge in [0.25, 0.3) is 0 Å². The fraction of sp³-hybridized carbons (Fsp3) is 0.294. The molecular weight excluding hydrogens is 253 g/mol. The first-order valence-electron chi connectivity index (χ1n) is 6.96. The Bertz CT molecular complexity index is 594. The summed E-state index contributed by atoms with van der Waals surface area (Å²) in [7, 11) is 0. The number of halogens is 1. The summed E-state index contributed by atoms with van der Waals surface area (Å²) >= 11 is 0. The van der Waals surface area contributed by atoms with Gasteiger partial charge in [-0.05, 0) is 47.2 Å². The highest BCUT2D eigenvalue weighted by atomic mass is 19.1. The van der Waals surface area contributed by atoms with Gasteiger partial charge in [-0.15, -0.1) is 0 Å². The molecule has 0 radical (unpaired) electrons. The Hall–Kier alpha value is -1.71. The number of nitrogens with one attached hydrogen (secondary N) is 1. The van der Waals surface area contributed by atoms with Gasteiger partial charge >= 0.3 is 0 Å². The lowest BCUT2D eigenvalue weighted by atomic mass is 10.1. The van der Waals surface area contributed by atoms with Crippen LogP contribution in [0.1, 0.15) is 34.7 Å². The van der Waals surface area contributed by atoms with Crippen molar-refractivity contribution in [2.45, 2.75) is 32.0 Å². The van der Waals surface area contributed by atoms with Crippen molar-refractivity contribution in [3.63, 3.8) is 0 Å². The summed E-state index contributed by atoms with van der Waals surface area (Å²) < 4.78 is 13.2. The van der Waals surface area contributed by atoms with E-state index < -0.39 is 0 Å². The third-order valence-corrected chi connectivity index (χ3v) is 3.94. The molecule has 1 unspecified atom stereocenters. The van der Waals surface area contributed by atoms with Gasteiger partial charge in [0.05, 0.1) is 6.61 Å². The summed E-state index contributed by atoms with van der Waals surface area (Å²) in [5, 5.41) is 12.5. The van der Waals surface area contributed by atoms with Gasteiger partial charge in [0.1, 0.15) is 5.82 Å². The normalized spacial score (nSPS) is 17.2. The summed E-state index contributed by atoms with van der Waals surface area (Å²) in [5.74, 6) is -0.149. The lowest BCUT2D eigenvalue weighted by Crippen LogP contribution is -2.18. The maximum Gasteiger partial charge on any atom is 0.123 e. The SMILES string of the molecule is OCc1ccc(CNC2CCc3cc(F)ccc32)cc1. The monoisotopic (exact) mass is 271 g/mol. The van der Waals surface area contributed by atoms with Crippen LogP contribution >= 0.6 is 0 Å².